The van der Waals surface area contributed by atoms with Crippen LogP contribution in [-0.2, 0) is 17.8 Å². The molecule has 1 aromatic heterocycles. The number of thioether (sulfide) groups is 2. The summed E-state index contributed by atoms with van der Waals surface area (Å²) in [6.45, 7) is 7.86. The summed E-state index contributed by atoms with van der Waals surface area (Å²) in [6.07, 6.45) is 3.67. The lowest BCUT2D eigenvalue weighted by molar-refractivity contribution is -0.120. The zero-order valence-corrected chi connectivity index (χ0v) is 18.9. The highest BCUT2D eigenvalue weighted by Gasteiger charge is 2.15. The zero-order chi connectivity index (χ0) is 20.5. The van der Waals surface area contributed by atoms with Crippen LogP contribution in [0.5, 0.6) is 5.75 Å². The van der Waals surface area contributed by atoms with Crippen molar-refractivity contribution in [3.05, 3.63) is 30.1 Å². The molecule has 2 rings (SSSR count). The maximum Gasteiger partial charge on any atom is 0.233 e. The number of methoxy groups -OCH3 is 1. The molecule has 0 saturated heterocycles. The molecule has 0 radical (unpaired) electrons. The Morgan fingerprint density at radius 1 is 1.21 bits per heavy atom. The number of aromatic nitrogens is 3. The highest BCUT2D eigenvalue weighted by Crippen LogP contribution is 2.25. The van der Waals surface area contributed by atoms with Crippen molar-refractivity contribution < 1.29 is 9.53 Å². The molecule has 0 aliphatic carbocycles. The number of hydrogen-bond acceptors (Lipinski definition) is 6. The number of carbonyl (C=O) groups excluding carboxylic acids is 1. The van der Waals surface area contributed by atoms with E-state index >= 15 is 0 Å². The smallest absolute Gasteiger partial charge is 0.233 e. The van der Waals surface area contributed by atoms with Gasteiger partial charge in [0.05, 0.1) is 12.4 Å². The highest BCUT2D eigenvalue weighted by molar-refractivity contribution is 8.00. The molecule has 0 aliphatic rings. The van der Waals surface area contributed by atoms with E-state index in [9.17, 15) is 4.79 Å². The van der Waals surface area contributed by atoms with Gasteiger partial charge in [0, 0.05) is 24.4 Å². The molecule has 28 heavy (non-hydrogen) atoms. The van der Waals surface area contributed by atoms with Crippen molar-refractivity contribution in [2.24, 2.45) is 5.92 Å². The number of ether oxygens (including phenoxy) is 1. The van der Waals surface area contributed by atoms with Gasteiger partial charge in [-0.05, 0) is 49.8 Å². The van der Waals surface area contributed by atoms with E-state index in [4.69, 9.17) is 4.74 Å². The molecule has 0 saturated carbocycles. The van der Waals surface area contributed by atoms with Gasteiger partial charge in [-0.2, -0.15) is 0 Å². The van der Waals surface area contributed by atoms with Crippen LogP contribution in [0.15, 0.2) is 34.3 Å². The lowest BCUT2D eigenvalue weighted by atomic mass is 10.2. The van der Waals surface area contributed by atoms with Crippen LogP contribution in [0, 0.1) is 5.92 Å². The average molecular weight is 423 g/mol. The molecule has 0 spiro atoms. The van der Waals surface area contributed by atoms with Crippen LogP contribution in [0.1, 0.15) is 33.0 Å². The number of nitrogens with one attached hydrogen (secondary N) is 1. The molecular formula is C20H30N4O2S2. The number of nitrogens with zero attached hydrogens (tertiary/aromatic N) is 3. The van der Waals surface area contributed by atoms with Crippen LogP contribution in [0.3, 0.4) is 0 Å². The van der Waals surface area contributed by atoms with Gasteiger partial charge in [0.1, 0.15) is 11.6 Å². The van der Waals surface area contributed by atoms with Crippen molar-refractivity contribution in [3.8, 4) is 5.75 Å². The van der Waals surface area contributed by atoms with Crippen LogP contribution in [0.2, 0.25) is 0 Å². The molecule has 1 amide bonds. The third-order valence-corrected chi connectivity index (χ3v) is 5.92. The van der Waals surface area contributed by atoms with Crippen LogP contribution in [0.4, 0.5) is 0 Å². The molecule has 2 aromatic rings. The van der Waals surface area contributed by atoms with Gasteiger partial charge in [0.25, 0.3) is 0 Å². The van der Waals surface area contributed by atoms with E-state index in [-0.39, 0.29) is 11.2 Å². The Morgan fingerprint density at radius 2 is 1.93 bits per heavy atom. The normalized spacial score (nSPS) is 12.2. The van der Waals surface area contributed by atoms with Gasteiger partial charge in [-0.15, -0.1) is 22.0 Å². The minimum absolute atomic E-state index is 0.0502. The van der Waals surface area contributed by atoms with E-state index in [2.05, 4.69) is 33.9 Å². The van der Waals surface area contributed by atoms with E-state index in [0.717, 1.165) is 41.0 Å². The van der Waals surface area contributed by atoms with Crippen molar-refractivity contribution in [1.82, 2.24) is 20.1 Å². The van der Waals surface area contributed by atoms with Crippen molar-refractivity contribution >= 4 is 29.4 Å². The molecule has 1 heterocycles. The Bertz CT molecular complexity index is 747. The number of benzene rings is 1. The molecule has 0 fully saturated rings. The zero-order valence-electron chi connectivity index (χ0n) is 17.3. The first kappa shape index (κ1) is 22.6. The molecule has 6 nitrogen and oxygen atoms in total. The molecule has 1 unspecified atom stereocenters. The summed E-state index contributed by atoms with van der Waals surface area (Å²) in [6, 6.07) is 7.75. The van der Waals surface area contributed by atoms with E-state index in [1.807, 2.05) is 37.4 Å². The van der Waals surface area contributed by atoms with Crippen LogP contribution in [-0.4, -0.2) is 45.8 Å². The van der Waals surface area contributed by atoms with Crippen LogP contribution in [0.25, 0.3) is 0 Å². The minimum atomic E-state index is -0.152. The lowest BCUT2D eigenvalue weighted by Gasteiger charge is -2.13. The summed E-state index contributed by atoms with van der Waals surface area (Å²) in [5.41, 5.74) is 0. The van der Waals surface area contributed by atoms with Gasteiger partial charge in [-0.1, -0.05) is 25.6 Å². The second kappa shape index (κ2) is 11.4. The second-order valence-electron chi connectivity index (χ2n) is 6.94. The first-order chi connectivity index (χ1) is 13.4. The monoisotopic (exact) mass is 422 g/mol. The van der Waals surface area contributed by atoms with Crippen LogP contribution < -0.4 is 10.1 Å². The molecule has 0 bridgehead atoms. The Hall–Kier alpha value is -1.67. The van der Waals surface area contributed by atoms with Crippen molar-refractivity contribution in [1.29, 1.82) is 0 Å². The Labute approximate surface area is 176 Å². The third-order valence-electron chi connectivity index (χ3n) is 4.14. The fourth-order valence-electron chi connectivity index (χ4n) is 2.72. The fourth-order valence-corrected chi connectivity index (χ4v) is 4.13. The Kier molecular flexibility index (Phi) is 9.18. The van der Waals surface area contributed by atoms with Gasteiger partial charge in [0.2, 0.25) is 5.91 Å². The SMILES string of the molecule is COc1ccc(SC(C)C(=O)NCCCc2nnc(SC)n2CC(C)C)cc1. The maximum absolute atomic E-state index is 12.4. The molecule has 1 atom stereocenters. The van der Waals surface area contributed by atoms with Gasteiger partial charge in [-0.3, -0.25) is 4.79 Å². The number of carbonyl (C=O) groups is 1. The quantitative estimate of drug-likeness (QED) is 0.438. The van der Waals surface area contributed by atoms with Gasteiger partial charge >= 0.3 is 0 Å². The van der Waals surface area contributed by atoms with Gasteiger partial charge < -0.3 is 14.6 Å². The van der Waals surface area contributed by atoms with Gasteiger partial charge in [0.15, 0.2) is 5.16 Å². The summed E-state index contributed by atoms with van der Waals surface area (Å²) in [5.74, 6) is 2.40. The summed E-state index contributed by atoms with van der Waals surface area (Å²) in [5, 5.41) is 12.4. The van der Waals surface area contributed by atoms with E-state index < -0.39 is 0 Å². The second-order valence-corrected chi connectivity index (χ2v) is 9.13. The molecule has 1 N–H and O–H groups in total. The molecule has 1 aromatic carbocycles. The molecule has 154 valence electrons. The van der Waals surface area contributed by atoms with E-state index in [1.54, 1.807) is 30.6 Å². The Balaban J connectivity index is 1.78. The first-order valence-electron chi connectivity index (χ1n) is 9.49. The largest absolute Gasteiger partial charge is 0.497 e. The highest BCUT2D eigenvalue weighted by atomic mass is 32.2. The van der Waals surface area contributed by atoms with Crippen molar-refractivity contribution in [3.63, 3.8) is 0 Å². The Morgan fingerprint density at radius 3 is 2.54 bits per heavy atom. The summed E-state index contributed by atoms with van der Waals surface area (Å²) < 4.78 is 7.35. The van der Waals surface area contributed by atoms with Crippen LogP contribution >= 0.6 is 23.5 Å². The predicted octanol–water partition coefficient (Wildman–Crippen LogP) is 3.89. The van der Waals surface area contributed by atoms with E-state index in [1.165, 1.54) is 0 Å². The van der Waals surface area contributed by atoms with Crippen molar-refractivity contribution in [2.45, 2.75) is 55.5 Å². The first-order valence-corrected chi connectivity index (χ1v) is 11.6. The maximum atomic E-state index is 12.4. The van der Waals surface area contributed by atoms with E-state index in [0.29, 0.717) is 12.5 Å². The molecular weight excluding hydrogens is 392 g/mol. The third kappa shape index (κ3) is 6.74. The standard InChI is InChI=1S/C20H30N4O2S2/c1-14(2)13-24-18(22-23-20(24)27-5)7-6-12-21-19(25)15(3)28-17-10-8-16(26-4)9-11-17/h8-11,14-15H,6-7,12-13H2,1-5H3,(H,21,25). The average Bonchev–Trinajstić information content (AvgIpc) is 3.06. The summed E-state index contributed by atoms with van der Waals surface area (Å²) in [7, 11) is 1.64. The number of hydrogen-bond donors (Lipinski definition) is 1. The minimum Gasteiger partial charge on any atom is -0.497 e. The number of aryl methyl sites for hydroxylation is 1. The summed E-state index contributed by atoms with van der Waals surface area (Å²) in [4.78, 5) is 13.4. The number of rotatable bonds is 11. The predicted molar refractivity (Wildman–Crippen MR) is 116 cm³/mol. The number of amides is 1. The molecule has 8 heteroatoms. The lowest BCUT2D eigenvalue weighted by Crippen LogP contribution is -2.31. The molecule has 0 aliphatic heterocycles. The fraction of sp³-hybridized carbons (Fsp3) is 0.550. The topological polar surface area (TPSA) is 69.0 Å². The summed E-state index contributed by atoms with van der Waals surface area (Å²) >= 11 is 3.16. The van der Waals surface area contributed by atoms with Gasteiger partial charge in [-0.25, -0.2) is 0 Å². The van der Waals surface area contributed by atoms with Crippen molar-refractivity contribution in [2.75, 3.05) is 19.9 Å².